The summed E-state index contributed by atoms with van der Waals surface area (Å²) in [6.45, 7) is 0.253. The van der Waals surface area contributed by atoms with E-state index in [-0.39, 0.29) is 12.5 Å². The van der Waals surface area contributed by atoms with Crippen LogP contribution in [0.2, 0.25) is 0 Å². The molecule has 0 bridgehead atoms. The number of para-hydroxylation sites is 1. The predicted octanol–water partition coefficient (Wildman–Crippen LogP) is 4.56. The number of nitrogens with one attached hydrogen (secondary N) is 1. The third-order valence-electron chi connectivity index (χ3n) is 4.96. The molecule has 0 spiro atoms. The van der Waals surface area contributed by atoms with Crippen molar-refractivity contribution >= 4 is 17.2 Å². The monoisotopic (exact) mass is 449 g/mol. The molecule has 0 unspecified atom stereocenters. The Labute approximate surface area is 190 Å². The van der Waals surface area contributed by atoms with Crippen molar-refractivity contribution in [3.8, 4) is 33.5 Å². The molecular weight excluding hydrogens is 426 g/mol. The van der Waals surface area contributed by atoms with Gasteiger partial charge in [0.15, 0.2) is 11.5 Å². The number of carbonyl (C=O) groups is 1. The number of carbonyl (C=O) groups excluding carboxylic acids is 1. The normalized spacial score (nSPS) is 10.6. The van der Waals surface area contributed by atoms with Gasteiger partial charge >= 0.3 is 0 Å². The first kappa shape index (κ1) is 21.5. The summed E-state index contributed by atoms with van der Waals surface area (Å²) in [5.41, 5.74) is 2.79. The SMILES string of the molecule is COc1cc(OC)c(OC)cc1CNC(=O)c1cn(-c2ccccc2)nc1-c1cccs1. The molecule has 1 N–H and O–H groups in total. The first-order chi connectivity index (χ1) is 15.6. The van der Waals surface area contributed by atoms with Crippen molar-refractivity contribution < 1.29 is 19.0 Å². The van der Waals surface area contributed by atoms with Crippen LogP contribution in [0.1, 0.15) is 15.9 Å². The highest BCUT2D eigenvalue weighted by atomic mass is 32.1. The molecule has 8 heteroatoms. The standard InChI is InChI=1S/C24H23N3O4S/c1-29-19-13-21(31-3)20(30-2)12-16(19)14-25-24(28)18-15-27(17-8-5-4-6-9-17)26-23(18)22-10-7-11-32-22/h4-13,15H,14H2,1-3H3,(H,25,28). The van der Waals surface area contributed by atoms with E-state index < -0.39 is 0 Å². The van der Waals surface area contributed by atoms with Gasteiger partial charge in [0, 0.05) is 24.4 Å². The van der Waals surface area contributed by atoms with E-state index in [4.69, 9.17) is 14.2 Å². The van der Waals surface area contributed by atoms with Crippen molar-refractivity contribution in [2.24, 2.45) is 0 Å². The van der Waals surface area contributed by atoms with Crippen LogP contribution in [-0.4, -0.2) is 37.0 Å². The molecule has 4 rings (SSSR count). The maximum absolute atomic E-state index is 13.2. The molecular formula is C24H23N3O4S. The van der Waals surface area contributed by atoms with Gasteiger partial charge in [-0.15, -0.1) is 11.3 Å². The third-order valence-corrected chi connectivity index (χ3v) is 5.84. The van der Waals surface area contributed by atoms with Crippen molar-refractivity contribution in [3.63, 3.8) is 0 Å². The van der Waals surface area contributed by atoms with Crippen LogP contribution in [0.25, 0.3) is 16.3 Å². The van der Waals surface area contributed by atoms with Crippen molar-refractivity contribution in [2.75, 3.05) is 21.3 Å². The second kappa shape index (κ2) is 9.57. The van der Waals surface area contributed by atoms with Crippen molar-refractivity contribution in [1.82, 2.24) is 15.1 Å². The zero-order valence-corrected chi connectivity index (χ0v) is 18.8. The number of amides is 1. The maximum Gasteiger partial charge on any atom is 0.255 e. The van der Waals surface area contributed by atoms with E-state index >= 15 is 0 Å². The Hall–Kier alpha value is -3.78. The Balaban J connectivity index is 1.63. The molecule has 2 aromatic heterocycles. The lowest BCUT2D eigenvalue weighted by Gasteiger charge is -2.14. The summed E-state index contributed by atoms with van der Waals surface area (Å²) in [4.78, 5) is 14.1. The lowest BCUT2D eigenvalue weighted by atomic mass is 10.1. The van der Waals surface area contributed by atoms with Gasteiger partial charge in [-0.25, -0.2) is 4.68 Å². The number of thiophene rings is 1. The van der Waals surface area contributed by atoms with Gasteiger partial charge < -0.3 is 19.5 Å². The van der Waals surface area contributed by atoms with Gasteiger partial charge in [-0.1, -0.05) is 24.3 Å². The third kappa shape index (κ3) is 4.31. The topological polar surface area (TPSA) is 74.6 Å². The minimum atomic E-state index is -0.229. The number of nitrogens with zero attached hydrogens (tertiary/aromatic N) is 2. The molecule has 0 fully saturated rings. The number of hydrogen-bond donors (Lipinski definition) is 1. The van der Waals surface area contributed by atoms with Crippen molar-refractivity contribution in [2.45, 2.75) is 6.54 Å². The molecule has 2 heterocycles. The van der Waals surface area contributed by atoms with Gasteiger partial charge in [-0.2, -0.15) is 5.10 Å². The van der Waals surface area contributed by atoms with Crippen LogP contribution in [0.15, 0.2) is 66.2 Å². The average Bonchev–Trinajstić information content (AvgIpc) is 3.52. The number of rotatable bonds is 8. The molecule has 7 nitrogen and oxygen atoms in total. The van der Waals surface area contributed by atoms with Crippen LogP contribution < -0.4 is 19.5 Å². The zero-order valence-electron chi connectivity index (χ0n) is 18.0. The van der Waals surface area contributed by atoms with E-state index in [0.717, 1.165) is 16.1 Å². The Morgan fingerprint density at radius 2 is 1.69 bits per heavy atom. The van der Waals surface area contributed by atoms with E-state index in [1.807, 2.05) is 47.8 Å². The van der Waals surface area contributed by atoms with E-state index in [2.05, 4.69) is 10.4 Å². The van der Waals surface area contributed by atoms with E-state index in [1.165, 1.54) is 11.3 Å². The highest BCUT2D eigenvalue weighted by Crippen LogP contribution is 2.34. The van der Waals surface area contributed by atoms with Crippen LogP contribution in [0.3, 0.4) is 0 Å². The second-order valence-electron chi connectivity index (χ2n) is 6.85. The Morgan fingerprint density at radius 3 is 2.34 bits per heavy atom. The summed E-state index contributed by atoms with van der Waals surface area (Å²) in [6, 6.07) is 17.1. The summed E-state index contributed by atoms with van der Waals surface area (Å²) in [6.07, 6.45) is 1.76. The number of benzene rings is 2. The molecule has 2 aromatic carbocycles. The smallest absolute Gasteiger partial charge is 0.255 e. The molecule has 32 heavy (non-hydrogen) atoms. The molecule has 0 saturated carbocycles. The van der Waals surface area contributed by atoms with E-state index in [9.17, 15) is 4.79 Å². The predicted molar refractivity (Wildman–Crippen MR) is 124 cm³/mol. The van der Waals surface area contributed by atoms with Crippen LogP contribution in [-0.2, 0) is 6.54 Å². The first-order valence-corrected chi connectivity index (χ1v) is 10.8. The number of aromatic nitrogens is 2. The van der Waals surface area contributed by atoms with E-state index in [0.29, 0.717) is 28.5 Å². The highest BCUT2D eigenvalue weighted by Gasteiger charge is 2.20. The molecule has 0 aliphatic rings. The van der Waals surface area contributed by atoms with E-state index in [1.54, 1.807) is 44.3 Å². The molecule has 164 valence electrons. The quantitative estimate of drug-likeness (QED) is 0.427. The fraction of sp³-hybridized carbons (Fsp3) is 0.167. The lowest BCUT2D eigenvalue weighted by Crippen LogP contribution is -2.23. The minimum Gasteiger partial charge on any atom is -0.496 e. The number of methoxy groups -OCH3 is 3. The Kier molecular flexibility index (Phi) is 6.42. The summed E-state index contributed by atoms with van der Waals surface area (Å²) in [5, 5.41) is 9.64. The largest absolute Gasteiger partial charge is 0.496 e. The fourth-order valence-electron chi connectivity index (χ4n) is 3.35. The number of hydrogen-bond acceptors (Lipinski definition) is 6. The van der Waals surface area contributed by atoms with Gasteiger partial charge in [0.1, 0.15) is 11.4 Å². The van der Waals surface area contributed by atoms with Crippen LogP contribution in [0, 0.1) is 0 Å². The lowest BCUT2D eigenvalue weighted by molar-refractivity contribution is 0.0951. The van der Waals surface area contributed by atoms with Crippen LogP contribution >= 0.6 is 11.3 Å². The molecule has 0 aliphatic heterocycles. The summed E-state index contributed by atoms with van der Waals surface area (Å²) < 4.78 is 17.9. The van der Waals surface area contributed by atoms with Gasteiger partial charge in [0.2, 0.25) is 0 Å². The summed E-state index contributed by atoms with van der Waals surface area (Å²) in [5.74, 6) is 1.49. The molecule has 4 aromatic rings. The summed E-state index contributed by atoms with van der Waals surface area (Å²) in [7, 11) is 4.71. The number of ether oxygens (including phenoxy) is 3. The van der Waals surface area contributed by atoms with Gasteiger partial charge in [0.05, 0.1) is 37.5 Å². The Morgan fingerprint density at radius 1 is 0.969 bits per heavy atom. The van der Waals surface area contributed by atoms with Gasteiger partial charge in [-0.05, 0) is 29.6 Å². The molecule has 0 atom stereocenters. The van der Waals surface area contributed by atoms with Gasteiger partial charge in [-0.3, -0.25) is 4.79 Å². The maximum atomic E-state index is 13.2. The molecule has 0 aliphatic carbocycles. The van der Waals surface area contributed by atoms with Crippen LogP contribution in [0.4, 0.5) is 0 Å². The average molecular weight is 450 g/mol. The zero-order chi connectivity index (χ0) is 22.5. The Bertz CT molecular complexity index is 1200. The molecule has 1 amide bonds. The van der Waals surface area contributed by atoms with Crippen molar-refractivity contribution in [1.29, 1.82) is 0 Å². The molecule has 0 saturated heterocycles. The van der Waals surface area contributed by atoms with Crippen molar-refractivity contribution in [3.05, 3.63) is 77.3 Å². The van der Waals surface area contributed by atoms with Gasteiger partial charge in [0.25, 0.3) is 5.91 Å². The second-order valence-corrected chi connectivity index (χ2v) is 7.80. The summed E-state index contributed by atoms with van der Waals surface area (Å²) >= 11 is 1.54. The highest BCUT2D eigenvalue weighted by molar-refractivity contribution is 7.13. The molecule has 0 radical (unpaired) electrons. The first-order valence-electron chi connectivity index (χ1n) is 9.90. The minimum absolute atomic E-state index is 0.229. The van der Waals surface area contributed by atoms with Crippen LogP contribution in [0.5, 0.6) is 17.2 Å². The fourth-order valence-corrected chi connectivity index (χ4v) is 4.07.